The number of amides is 1. The molecule has 2 rings (SSSR count). The van der Waals surface area contributed by atoms with E-state index in [0.29, 0.717) is 17.5 Å². The summed E-state index contributed by atoms with van der Waals surface area (Å²) in [6.45, 7) is 9.06. The Kier molecular flexibility index (Phi) is 5.47. The molecule has 0 spiro atoms. The largest absolute Gasteiger partial charge is 0.480 e. The molecule has 0 fully saturated rings. The molecule has 6 heteroatoms. The molecule has 1 aromatic rings. The van der Waals surface area contributed by atoms with E-state index in [1.165, 1.54) is 7.11 Å². The van der Waals surface area contributed by atoms with Gasteiger partial charge in [0, 0.05) is 13.0 Å². The summed E-state index contributed by atoms with van der Waals surface area (Å²) < 4.78 is 5.22. The first kappa shape index (κ1) is 17.1. The van der Waals surface area contributed by atoms with Crippen LogP contribution in [0.2, 0.25) is 0 Å². The van der Waals surface area contributed by atoms with Gasteiger partial charge in [0.15, 0.2) is 0 Å². The minimum atomic E-state index is -0.209. The van der Waals surface area contributed by atoms with Crippen LogP contribution in [0.25, 0.3) is 5.57 Å². The van der Waals surface area contributed by atoms with Crippen LogP contribution in [0.1, 0.15) is 43.8 Å². The van der Waals surface area contributed by atoms with Crippen LogP contribution in [0.3, 0.4) is 0 Å². The second-order valence-corrected chi connectivity index (χ2v) is 5.82. The fraction of sp³-hybridized carbons (Fsp3) is 0.529. The van der Waals surface area contributed by atoms with Crippen molar-refractivity contribution in [3.8, 4) is 0 Å². The Hall–Kier alpha value is -2.24. The summed E-state index contributed by atoms with van der Waals surface area (Å²) in [4.78, 5) is 24.7. The van der Waals surface area contributed by atoms with Gasteiger partial charge in [-0.25, -0.2) is 9.97 Å². The number of aliphatic imine (C=N–C) groups is 1. The van der Waals surface area contributed by atoms with Gasteiger partial charge in [-0.05, 0) is 19.8 Å². The van der Waals surface area contributed by atoms with Gasteiger partial charge in [-0.1, -0.05) is 26.3 Å². The van der Waals surface area contributed by atoms with Gasteiger partial charge >= 0.3 is 0 Å². The van der Waals surface area contributed by atoms with E-state index in [4.69, 9.17) is 4.74 Å². The van der Waals surface area contributed by atoms with Gasteiger partial charge in [0.2, 0.25) is 5.90 Å². The van der Waals surface area contributed by atoms with E-state index in [9.17, 15) is 4.79 Å². The Morgan fingerprint density at radius 1 is 1.30 bits per heavy atom. The monoisotopic (exact) mass is 316 g/mol. The highest BCUT2D eigenvalue weighted by atomic mass is 16.5. The smallest absolute Gasteiger partial charge is 0.252 e. The molecule has 1 aromatic heterocycles. The van der Waals surface area contributed by atoms with Crippen molar-refractivity contribution >= 4 is 23.2 Å². The standard InChI is InChI=1S/C17H24N4O2/c1-6-10(2)9-18-16-12(4)19-15(11(3)20-16)13-7-8-14(22)21-17(13)23-5/h7,10H,6,8-9H2,1-5H3,(H,18,20). The summed E-state index contributed by atoms with van der Waals surface area (Å²) in [5, 5.41) is 3.36. The van der Waals surface area contributed by atoms with Crippen LogP contribution in [0.5, 0.6) is 0 Å². The number of hydrogen-bond donors (Lipinski definition) is 1. The third-order valence-electron chi connectivity index (χ3n) is 3.95. The van der Waals surface area contributed by atoms with E-state index in [0.717, 1.165) is 35.7 Å². The van der Waals surface area contributed by atoms with Crippen LogP contribution < -0.4 is 5.32 Å². The zero-order valence-corrected chi connectivity index (χ0v) is 14.4. The minimum absolute atomic E-state index is 0.209. The van der Waals surface area contributed by atoms with Crippen molar-refractivity contribution in [2.24, 2.45) is 10.9 Å². The van der Waals surface area contributed by atoms with Crippen LogP contribution in [0.4, 0.5) is 5.82 Å². The molecular weight excluding hydrogens is 292 g/mol. The molecule has 0 saturated heterocycles. The van der Waals surface area contributed by atoms with Crippen LogP contribution >= 0.6 is 0 Å². The lowest BCUT2D eigenvalue weighted by atomic mass is 10.1. The number of nitrogens with zero attached hydrogens (tertiary/aromatic N) is 3. The Balaban J connectivity index is 2.30. The molecule has 1 amide bonds. The summed E-state index contributed by atoms with van der Waals surface area (Å²) in [5.74, 6) is 1.48. The molecule has 0 bridgehead atoms. The zero-order valence-electron chi connectivity index (χ0n) is 14.4. The molecule has 124 valence electrons. The van der Waals surface area contributed by atoms with Gasteiger partial charge < -0.3 is 10.1 Å². The first-order chi connectivity index (χ1) is 11.0. The summed E-state index contributed by atoms with van der Waals surface area (Å²) >= 11 is 0. The van der Waals surface area contributed by atoms with E-state index in [-0.39, 0.29) is 12.3 Å². The van der Waals surface area contributed by atoms with Crippen LogP contribution in [-0.2, 0) is 9.53 Å². The van der Waals surface area contributed by atoms with Crippen molar-refractivity contribution in [3.63, 3.8) is 0 Å². The molecule has 1 N–H and O–H groups in total. The van der Waals surface area contributed by atoms with Gasteiger partial charge in [0.05, 0.1) is 29.8 Å². The second kappa shape index (κ2) is 7.35. The van der Waals surface area contributed by atoms with Crippen molar-refractivity contribution in [1.82, 2.24) is 9.97 Å². The van der Waals surface area contributed by atoms with E-state index in [2.05, 4.69) is 34.1 Å². The summed E-state index contributed by atoms with van der Waals surface area (Å²) in [6, 6.07) is 0. The van der Waals surface area contributed by atoms with Crippen molar-refractivity contribution in [2.45, 2.75) is 40.5 Å². The van der Waals surface area contributed by atoms with Gasteiger partial charge in [-0.3, -0.25) is 4.79 Å². The van der Waals surface area contributed by atoms with Gasteiger partial charge in [-0.2, -0.15) is 4.99 Å². The van der Waals surface area contributed by atoms with Gasteiger partial charge in [-0.15, -0.1) is 0 Å². The third-order valence-corrected chi connectivity index (χ3v) is 3.95. The predicted octanol–water partition coefficient (Wildman–Crippen LogP) is 2.91. The van der Waals surface area contributed by atoms with Gasteiger partial charge in [0.25, 0.3) is 5.91 Å². The normalized spacial score (nSPS) is 15.8. The highest BCUT2D eigenvalue weighted by Gasteiger charge is 2.21. The first-order valence-electron chi connectivity index (χ1n) is 7.91. The van der Waals surface area contributed by atoms with Crippen molar-refractivity contribution in [1.29, 1.82) is 0 Å². The SMILES string of the molecule is CCC(C)CNc1nc(C)c(C2=CCC(=O)N=C2OC)nc1C. The van der Waals surface area contributed by atoms with Crippen molar-refractivity contribution in [2.75, 3.05) is 19.0 Å². The molecule has 0 aromatic carbocycles. The Bertz CT molecular complexity index is 665. The number of aromatic nitrogens is 2. The number of nitrogens with one attached hydrogen (secondary N) is 1. The maximum atomic E-state index is 11.4. The zero-order chi connectivity index (χ0) is 17.0. The topological polar surface area (TPSA) is 76.5 Å². The Labute approximate surface area is 137 Å². The fourth-order valence-electron chi connectivity index (χ4n) is 2.29. The van der Waals surface area contributed by atoms with Crippen molar-refractivity contribution < 1.29 is 9.53 Å². The molecule has 6 nitrogen and oxygen atoms in total. The van der Waals surface area contributed by atoms with E-state index >= 15 is 0 Å². The molecular formula is C17H24N4O2. The van der Waals surface area contributed by atoms with Crippen LogP contribution in [0.15, 0.2) is 11.1 Å². The number of anilines is 1. The predicted molar refractivity (Wildman–Crippen MR) is 91.5 cm³/mol. The van der Waals surface area contributed by atoms with E-state index in [1.54, 1.807) is 6.08 Å². The lowest BCUT2D eigenvalue weighted by Gasteiger charge is -2.17. The average molecular weight is 316 g/mol. The number of methoxy groups -OCH3 is 1. The molecule has 23 heavy (non-hydrogen) atoms. The van der Waals surface area contributed by atoms with E-state index < -0.39 is 0 Å². The maximum absolute atomic E-state index is 11.4. The number of carbonyl (C=O) groups is 1. The Morgan fingerprint density at radius 2 is 2.04 bits per heavy atom. The van der Waals surface area contributed by atoms with Crippen LogP contribution in [-0.4, -0.2) is 35.4 Å². The summed E-state index contributed by atoms with van der Waals surface area (Å²) in [5.41, 5.74) is 3.05. The molecule has 0 aliphatic carbocycles. The molecule has 1 aliphatic heterocycles. The molecule has 1 unspecified atom stereocenters. The average Bonchev–Trinajstić information content (AvgIpc) is 2.54. The number of rotatable bonds is 5. The number of ether oxygens (including phenoxy) is 1. The fourth-order valence-corrected chi connectivity index (χ4v) is 2.29. The first-order valence-corrected chi connectivity index (χ1v) is 7.91. The van der Waals surface area contributed by atoms with Gasteiger partial charge in [0.1, 0.15) is 5.82 Å². The second-order valence-electron chi connectivity index (χ2n) is 5.82. The lowest BCUT2D eigenvalue weighted by Crippen LogP contribution is -2.17. The Morgan fingerprint density at radius 3 is 2.70 bits per heavy atom. The van der Waals surface area contributed by atoms with Crippen LogP contribution in [0, 0.1) is 19.8 Å². The molecule has 0 saturated carbocycles. The highest BCUT2D eigenvalue weighted by Crippen LogP contribution is 2.24. The molecule has 1 aliphatic rings. The molecule has 0 radical (unpaired) electrons. The highest BCUT2D eigenvalue weighted by molar-refractivity contribution is 6.24. The third kappa shape index (κ3) is 3.94. The minimum Gasteiger partial charge on any atom is -0.480 e. The lowest BCUT2D eigenvalue weighted by molar-refractivity contribution is -0.117. The van der Waals surface area contributed by atoms with E-state index in [1.807, 2.05) is 13.8 Å². The molecule has 2 heterocycles. The summed E-state index contributed by atoms with van der Waals surface area (Å²) in [6.07, 6.45) is 3.18. The van der Waals surface area contributed by atoms with Crippen molar-refractivity contribution in [3.05, 3.63) is 23.2 Å². The summed E-state index contributed by atoms with van der Waals surface area (Å²) in [7, 11) is 1.50. The maximum Gasteiger partial charge on any atom is 0.252 e. The number of carbonyl (C=O) groups excluding carboxylic acids is 1. The number of aryl methyl sites for hydroxylation is 2. The quantitative estimate of drug-likeness (QED) is 0.904. The molecule has 1 atom stereocenters. The number of hydrogen-bond acceptors (Lipinski definition) is 5. The number of dihydropyridines is 1.